The first-order valence-electron chi connectivity index (χ1n) is 5.03. The van der Waals surface area contributed by atoms with Crippen molar-refractivity contribution in [3.8, 4) is 11.8 Å². The summed E-state index contributed by atoms with van der Waals surface area (Å²) in [6.07, 6.45) is 0. The second-order valence-corrected chi connectivity index (χ2v) is 3.27. The predicted octanol–water partition coefficient (Wildman–Crippen LogP) is 0.969. The third-order valence-corrected chi connectivity index (χ3v) is 2.24. The molecule has 1 aromatic carbocycles. The fraction of sp³-hybridized carbons (Fsp3) is 0.333. The van der Waals surface area contributed by atoms with Gasteiger partial charge in [0, 0.05) is 5.56 Å². The Morgan fingerprint density at radius 3 is 2.47 bits per heavy atom. The summed E-state index contributed by atoms with van der Waals surface area (Å²) in [5, 5.41) is 18.9. The molecule has 0 saturated heterocycles. The van der Waals surface area contributed by atoms with E-state index < -0.39 is 11.6 Å². The van der Waals surface area contributed by atoms with E-state index in [-0.39, 0.29) is 12.2 Å². The number of nitrogens with zero attached hydrogens (tertiary/aromatic N) is 1. The van der Waals surface area contributed by atoms with Crippen LogP contribution in [-0.4, -0.2) is 24.8 Å². The molecule has 0 bridgehead atoms. The zero-order chi connectivity index (χ0) is 12.9. The molecule has 0 unspecified atom stereocenters. The Kier molecular flexibility index (Phi) is 4.07. The van der Waals surface area contributed by atoms with Gasteiger partial charge in [-0.3, -0.25) is 0 Å². The molecule has 0 spiro atoms. The van der Waals surface area contributed by atoms with Crippen molar-refractivity contribution in [2.75, 3.05) is 13.7 Å². The van der Waals surface area contributed by atoms with E-state index in [1.54, 1.807) is 25.1 Å². The van der Waals surface area contributed by atoms with Crippen molar-refractivity contribution in [1.29, 1.82) is 5.26 Å². The Bertz CT molecular complexity index is 435. The predicted molar refractivity (Wildman–Crippen MR) is 59.1 cm³/mol. The van der Waals surface area contributed by atoms with Crippen LogP contribution in [0.5, 0.6) is 5.75 Å². The fourth-order valence-electron chi connectivity index (χ4n) is 1.30. The molecule has 0 aliphatic rings. The normalized spacial score (nSPS) is 13.3. The molecule has 0 saturated carbocycles. The van der Waals surface area contributed by atoms with Gasteiger partial charge < -0.3 is 14.6 Å². The molecular weight excluding hydrogens is 222 g/mol. The standard InChI is InChI=1S/C12H13NO4/c1-3-17-11(14)12(15,8-13)9-4-6-10(16-2)7-5-9/h4-7,15H,3H2,1-2H3/t12-/m0/s1. The summed E-state index contributed by atoms with van der Waals surface area (Å²) in [6.45, 7) is 1.70. The first-order chi connectivity index (χ1) is 8.08. The Morgan fingerprint density at radius 1 is 1.47 bits per heavy atom. The third kappa shape index (κ3) is 2.55. The van der Waals surface area contributed by atoms with Gasteiger partial charge in [0.05, 0.1) is 13.7 Å². The number of carbonyl (C=O) groups excluding carboxylic acids is 1. The molecule has 5 heteroatoms. The minimum atomic E-state index is -2.28. The fourth-order valence-corrected chi connectivity index (χ4v) is 1.30. The van der Waals surface area contributed by atoms with Gasteiger partial charge in [-0.25, -0.2) is 4.79 Å². The Labute approximate surface area is 99.2 Å². The molecule has 1 aromatic rings. The van der Waals surface area contributed by atoms with Crippen molar-refractivity contribution in [3.63, 3.8) is 0 Å². The number of hydrogen-bond donors (Lipinski definition) is 1. The summed E-state index contributed by atoms with van der Waals surface area (Å²) in [5.74, 6) is -0.412. The Morgan fingerprint density at radius 2 is 2.06 bits per heavy atom. The Hall–Kier alpha value is -2.06. The minimum absolute atomic E-state index is 0.0962. The second-order valence-electron chi connectivity index (χ2n) is 3.27. The highest BCUT2D eigenvalue weighted by Crippen LogP contribution is 2.24. The second kappa shape index (κ2) is 5.32. The Balaban J connectivity index is 3.08. The number of ether oxygens (including phenoxy) is 2. The lowest BCUT2D eigenvalue weighted by Gasteiger charge is -2.18. The number of nitriles is 1. The van der Waals surface area contributed by atoms with E-state index in [1.165, 1.54) is 19.2 Å². The molecule has 0 fully saturated rings. The van der Waals surface area contributed by atoms with E-state index in [4.69, 9.17) is 10.00 Å². The number of aliphatic hydroxyl groups is 1. The maximum atomic E-state index is 11.5. The van der Waals surface area contributed by atoms with Crippen LogP contribution in [0.1, 0.15) is 12.5 Å². The van der Waals surface area contributed by atoms with Crippen LogP contribution in [0.4, 0.5) is 0 Å². The highest BCUT2D eigenvalue weighted by Gasteiger charge is 2.40. The van der Waals surface area contributed by atoms with Gasteiger partial charge in [-0.1, -0.05) is 12.1 Å². The first-order valence-corrected chi connectivity index (χ1v) is 5.03. The van der Waals surface area contributed by atoms with Crippen molar-refractivity contribution in [1.82, 2.24) is 0 Å². The van der Waals surface area contributed by atoms with E-state index in [0.29, 0.717) is 5.75 Å². The third-order valence-electron chi connectivity index (χ3n) is 2.24. The van der Waals surface area contributed by atoms with Crippen molar-refractivity contribution in [2.45, 2.75) is 12.5 Å². The van der Waals surface area contributed by atoms with Crippen molar-refractivity contribution in [2.24, 2.45) is 0 Å². The molecule has 0 aliphatic heterocycles. The molecule has 5 nitrogen and oxygen atoms in total. The zero-order valence-electron chi connectivity index (χ0n) is 9.64. The van der Waals surface area contributed by atoms with Crippen molar-refractivity contribution < 1.29 is 19.4 Å². The monoisotopic (exact) mass is 235 g/mol. The average molecular weight is 235 g/mol. The lowest BCUT2D eigenvalue weighted by atomic mass is 9.95. The molecule has 0 aliphatic carbocycles. The first kappa shape index (κ1) is 13.0. The summed E-state index contributed by atoms with van der Waals surface area (Å²) in [7, 11) is 1.50. The SMILES string of the molecule is CCOC(=O)[C@](O)(C#N)c1ccc(OC)cc1. The van der Waals surface area contributed by atoms with Gasteiger partial charge in [0.2, 0.25) is 0 Å². The van der Waals surface area contributed by atoms with Gasteiger partial charge in [-0.05, 0) is 19.1 Å². The summed E-state index contributed by atoms with van der Waals surface area (Å²) in [6, 6.07) is 7.55. The molecule has 0 heterocycles. The highest BCUT2D eigenvalue weighted by atomic mass is 16.5. The molecule has 0 aromatic heterocycles. The van der Waals surface area contributed by atoms with Gasteiger partial charge in [0.15, 0.2) is 0 Å². The van der Waals surface area contributed by atoms with Crippen LogP contribution in [-0.2, 0) is 15.1 Å². The lowest BCUT2D eigenvalue weighted by Crippen LogP contribution is -2.35. The van der Waals surface area contributed by atoms with Gasteiger partial charge in [0.25, 0.3) is 5.60 Å². The number of carbonyl (C=O) groups is 1. The van der Waals surface area contributed by atoms with E-state index in [0.717, 1.165) is 0 Å². The van der Waals surface area contributed by atoms with E-state index in [9.17, 15) is 9.90 Å². The van der Waals surface area contributed by atoms with E-state index in [1.807, 2.05) is 0 Å². The molecule has 0 amide bonds. The van der Waals surface area contributed by atoms with E-state index in [2.05, 4.69) is 4.74 Å². The van der Waals surface area contributed by atoms with Gasteiger partial charge in [0.1, 0.15) is 11.8 Å². The maximum absolute atomic E-state index is 11.5. The number of esters is 1. The van der Waals surface area contributed by atoms with Crippen LogP contribution in [0, 0.1) is 11.3 Å². The molecule has 0 radical (unpaired) electrons. The zero-order valence-corrected chi connectivity index (χ0v) is 9.64. The highest BCUT2D eigenvalue weighted by molar-refractivity contribution is 5.84. The van der Waals surface area contributed by atoms with Crippen LogP contribution in [0.2, 0.25) is 0 Å². The van der Waals surface area contributed by atoms with Gasteiger partial charge in [-0.2, -0.15) is 5.26 Å². The van der Waals surface area contributed by atoms with Crippen LogP contribution >= 0.6 is 0 Å². The summed E-state index contributed by atoms with van der Waals surface area (Å²) < 4.78 is 9.61. The number of hydrogen-bond acceptors (Lipinski definition) is 5. The minimum Gasteiger partial charge on any atom is -0.497 e. The van der Waals surface area contributed by atoms with Gasteiger partial charge in [-0.15, -0.1) is 0 Å². The topological polar surface area (TPSA) is 79.5 Å². The maximum Gasteiger partial charge on any atom is 0.358 e. The van der Waals surface area contributed by atoms with Crippen LogP contribution in [0.3, 0.4) is 0 Å². The largest absolute Gasteiger partial charge is 0.497 e. The van der Waals surface area contributed by atoms with Crippen LogP contribution in [0.25, 0.3) is 0 Å². The molecule has 1 atom stereocenters. The molecular formula is C12H13NO4. The quantitative estimate of drug-likeness (QED) is 0.621. The molecule has 1 rings (SSSR count). The summed E-state index contributed by atoms with van der Waals surface area (Å²) in [4.78, 5) is 11.5. The summed E-state index contributed by atoms with van der Waals surface area (Å²) >= 11 is 0. The molecule has 1 N–H and O–H groups in total. The van der Waals surface area contributed by atoms with E-state index >= 15 is 0 Å². The van der Waals surface area contributed by atoms with Crippen molar-refractivity contribution >= 4 is 5.97 Å². The molecule has 90 valence electrons. The summed E-state index contributed by atoms with van der Waals surface area (Å²) in [5.41, 5.74) is -2.12. The number of rotatable bonds is 4. The molecule has 17 heavy (non-hydrogen) atoms. The number of benzene rings is 1. The van der Waals surface area contributed by atoms with Crippen molar-refractivity contribution in [3.05, 3.63) is 29.8 Å². The van der Waals surface area contributed by atoms with Crippen LogP contribution in [0.15, 0.2) is 24.3 Å². The van der Waals surface area contributed by atoms with Gasteiger partial charge >= 0.3 is 5.97 Å². The number of methoxy groups -OCH3 is 1. The lowest BCUT2D eigenvalue weighted by molar-refractivity contribution is -0.160. The average Bonchev–Trinajstić information content (AvgIpc) is 2.38. The smallest absolute Gasteiger partial charge is 0.358 e. The van der Waals surface area contributed by atoms with Crippen LogP contribution < -0.4 is 4.74 Å².